The highest BCUT2D eigenvalue weighted by atomic mass is 35.5. The van der Waals surface area contributed by atoms with Gasteiger partial charge in [-0.3, -0.25) is 0 Å². The summed E-state index contributed by atoms with van der Waals surface area (Å²) in [5, 5.41) is 8.62. The molecule has 1 rings (SSSR count). The molecule has 0 saturated carbocycles. The molecule has 0 fully saturated rings. The predicted molar refractivity (Wildman–Crippen MR) is 50.4 cm³/mol. The van der Waals surface area contributed by atoms with Gasteiger partial charge < -0.3 is 10.8 Å². The molecule has 6 heteroatoms. The number of pyridine rings is 1. The van der Waals surface area contributed by atoms with Crippen LogP contribution in [0.5, 0.6) is 0 Å². The Bertz CT molecular complexity index is 379. The smallest absolute Gasteiger partial charge is 0.356 e. The average Bonchev–Trinajstić information content (AvgIpc) is 2.07. The van der Waals surface area contributed by atoms with Gasteiger partial charge in [0.1, 0.15) is 5.15 Å². The van der Waals surface area contributed by atoms with Crippen LogP contribution in [-0.2, 0) is 0 Å². The number of nitrogens with two attached hydrogens (primary N) is 1. The highest BCUT2D eigenvalue weighted by molar-refractivity contribution is 6.37. The molecule has 0 saturated heterocycles. The summed E-state index contributed by atoms with van der Waals surface area (Å²) in [6.45, 7) is 1.61. The number of nitrogens with zero attached hydrogens (tertiary/aromatic N) is 1. The monoisotopic (exact) mass is 220 g/mol. The van der Waals surface area contributed by atoms with Gasteiger partial charge in [-0.25, -0.2) is 9.78 Å². The van der Waals surface area contributed by atoms with Gasteiger partial charge in [0.15, 0.2) is 5.69 Å². The van der Waals surface area contributed by atoms with Gasteiger partial charge in [-0.1, -0.05) is 23.2 Å². The third-order valence-electron chi connectivity index (χ3n) is 1.57. The molecule has 0 aliphatic rings. The summed E-state index contributed by atoms with van der Waals surface area (Å²) in [7, 11) is 0. The number of hydrogen-bond acceptors (Lipinski definition) is 3. The van der Waals surface area contributed by atoms with Gasteiger partial charge in [0.05, 0.1) is 10.7 Å². The molecule has 0 atom stereocenters. The van der Waals surface area contributed by atoms with Gasteiger partial charge in [0, 0.05) is 5.56 Å². The maximum atomic E-state index is 10.6. The summed E-state index contributed by atoms with van der Waals surface area (Å²) >= 11 is 11.3. The minimum Gasteiger partial charge on any atom is -0.476 e. The summed E-state index contributed by atoms with van der Waals surface area (Å²) < 4.78 is 0. The van der Waals surface area contributed by atoms with E-state index in [1.807, 2.05) is 0 Å². The maximum absolute atomic E-state index is 10.6. The molecule has 1 aromatic heterocycles. The summed E-state index contributed by atoms with van der Waals surface area (Å²) in [5.74, 6) is -1.25. The second kappa shape index (κ2) is 3.40. The van der Waals surface area contributed by atoms with Crippen molar-refractivity contribution in [2.45, 2.75) is 6.92 Å². The maximum Gasteiger partial charge on any atom is 0.356 e. The van der Waals surface area contributed by atoms with Crippen molar-refractivity contribution in [1.29, 1.82) is 0 Å². The zero-order chi connectivity index (χ0) is 10.2. The fourth-order valence-electron chi connectivity index (χ4n) is 0.776. The minimum absolute atomic E-state index is 0.0549. The fraction of sp³-hybridized carbons (Fsp3) is 0.143. The Kier molecular flexibility index (Phi) is 2.63. The van der Waals surface area contributed by atoms with Crippen LogP contribution in [0.15, 0.2) is 0 Å². The largest absolute Gasteiger partial charge is 0.476 e. The van der Waals surface area contributed by atoms with Crippen LogP contribution in [-0.4, -0.2) is 16.1 Å². The zero-order valence-corrected chi connectivity index (χ0v) is 8.15. The predicted octanol–water partition coefficient (Wildman–Crippen LogP) is 1.98. The molecule has 1 aromatic rings. The molecule has 0 aromatic carbocycles. The lowest BCUT2D eigenvalue weighted by atomic mass is 10.2. The molecule has 0 radical (unpaired) electrons. The number of carboxylic acid groups (broad SMARTS) is 1. The van der Waals surface area contributed by atoms with Crippen molar-refractivity contribution in [2.24, 2.45) is 0 Å². The minimum atomic E-state index is -1.25. The quantitative estimate of drug-likeness (QED) is 0.710. The highest BCUT2D eigenvalue weighted by Crippen LogP contribution is 2.29. The number of rotatable bonds is 1. The first-order chi connectivity index (χ1) is 5.95. The highest BCUT2D eigenvalue weighted by Gasteiger charge is 2.17. The Morgan fingerprint density at radius 2 is 2.08 bits per heavy atom. The molecule has 4 nitrogen and oxygen atoms in total. The Balaban J connectivity index is 3.50. The molecule has 70 valence electrons. The molecule has 0 aliphatic carbocycles. The van der Waals surface area contributed by atoms with Crippen molar-refractivity contribution >= 4 is 34.9 Å². The number of anilines is 1. The zero-order valence-electron chi connectivity index (χ0n) is 6.64. The van der Waals surface area contributed by atoms with Crippen molar-refractivity contribution in [3.8, 4) is 0 Å². The molecule has 0 spiro atoms. The molecule has 1 heterocycles. The third-order valence-corrected chi connectivity index (χ3v) is 2.32. The Morgan fingerprint density at radius 1 is 1.54 bits per heavy atom. The van der Waals surface area contributed by atoms with Crippen LogP contribution in [0.3, 0.4) is 0 Å². The van der Waals surface area contributed by atoms with Crippen molar-refractivity contribution in [3.05, 3.63) is 21.4 Å². The molecule has 0 unspecified atom stereocenters. The van der Waals surface area contributed by atoms with Crippen LogP contribution in [0.4, 0.5) is 5.69 Å². The van der Waals surface area contributed by atoms with E-state index in [1.54, 1.807) is 6.92 Å². The fourth-order valence-corrected chi connectivity index (χ4v) is 1.23. The van der Waals surface area contributed by atoms with Gasteiger partial charge in [-0.15, -0.1) is 0 Å². The van der Waals surface area contributed by atoms with E-state index in [-0.39, 0.29) is 21.6 Å². The van der Waals surface area contributed by atoms with Gasteiger partial charge in [-0.2, -0.15) is 0 Å². The molecule has 0 aliphatic heterocycles. The molecule has 13 heavy (non-hydrogen) atoms. The first-order valence-electron chi connectivity index (χ1n) is 3.29. The summed E-state index contributed by atoms with van der Waals surface area (Å²) in [4.78, 5) is 14.2. The lowest BCUT2D eigenvalue weighted by Gasteiger charge is -2.06. The van der Waals surface area contributed by atoms with Crippen molar-refractivity contribution in [1.82, 2.24) is 4.98 Å². The van der Waals surface area contributed by atoms with E-state index in [2.05, 4.69) is 4.98 Å². The van der Waals surface area contributed by atoms with Crippen LogP contribution in [0.2, 0.25) is 10.2 Å². The summed E-state index contributed by atoms with van der Waals surface area (Å²) in [6, 6.07) is 0. The van der Waals surface area contributed by atoms with Gasteiger partial charge in [-0.05, 0) is 6.92 Å². The van der Waals surface area contributed by atoms with Crippen molar-refractivity contribution < 1.29 is 9.90 Å². The Hall–Kier alpha value is -1.00. The molecule has 0 amide bonds. The van der Waals surface area contributed by atoms with Crippen molar-refractivity contribution in [2.75, 3.05) is 5.73 Å². The van der Waals surface area contributed by atoms with Crippen LogP contribution in [0, 0.1) is 6.92 Å². The molecule has 3 N–H and O–H groups in total. The van der Waals surface area contributed by atoms with Crippen LogP contribution in [0.25, 0.3) is 0 Å². The van der Waals surface area contributed by atoms with E-state index in [1.165, 1.54) is 0 Å². The van der Waals surface area contributed by atoms with E-state index < -0.39 is 5.97 Å². The summed E-state index contributed by atoms with van der Waals surface area (Å²) in [6.07, 6.45) is 0. The summed E-state index contributed by atoms with van der Waals surface area (Å²) in [5.41, 5.74) is 5.81. The van der Waals surface area contributed by atoms with Crippen LogP contribution < -0.4 is 5.73 Å². The number of halogens is 2. The second-order valence-corrected chi connectivity index (χ2v) is 3.15. The Labute approximate surface area is 84.3 Å². The number of carboxylic acids is 1. The van der Waals surface area contributed by atoms with E-state index in [0.717, 1.165) is 0 Å². The topological polar surface area (TPSA) is 76.2 Å². The van der Waals surface area contributed by atoms with E-state index in [0.29, 0.717) is 5.56 Å². The number of nitrogen functional groups attached to an aromatic ring is 1. The number of aromatic carboxylic acids is 1. The first kappa shape index (κ1) is 10.1. The Morgan fingerprint density at radius 3 is 2.54 bits per heavy atom. The van der Waals surface area contributed by atoms with E-state index in [9.17, 15) is 4.79 Å². The molecular formula is C7H6Cl2N2O2. The number of hydrogen-bond donors (Lipinski definition) is 2. The number of aromatic nitrogens is 1. The van der Waals surface area contributed by atoms with Gasteiger partial charge >= 0.3 is 5.97 Å². The van der Waals surface area contributed by atoms with E-state index >= 15 is 0 Å². The number of carbonyl (C=O) groups is 1. The average molecular weight is 221 g/mol. The second-order valence-electron chi connectivity index (χ2n) is 2.41. The lowest BCUT2D eigenvalue weighted by molar-refractivity contribution is 0.0691. The molecular weight excluding hydrogens is 215 g/mol. The van der Waals surface area contributed by atoms with Crippen molar-refractivity contribution in [3.63, 3.8) is 0 Å². The standard InChI is InChI=1S/C7H6Cl2N2O2/c1-2-4(10)3(8)5(7(12)13)11-6(2)9/h1H3,(H2,10,11)(H,12,13). The third kappa shape index (κ3) is 1.68. The molecule has 0 bridgehead atoms. The van der Waals surface area contributed by atoms with Crippen LogP contribution >= 0.6 is 23.2 Å². The normalized spacial score (nSPS) is 10.1. The lowest BCUT2D eigenvalue weighted by Crippen LogP contribution is -2.06. The van der Waals surface area contributed by atoms with Crippen LogP contribution in [0.1, 0.15) is 16.1 Å². The SMILES string of the molecule is Cc1c(Cl)nc(C(=O)O)c(Cl)c1N. The van der Waals surface area contributed by atoms with Gasteiger partial charge in [0.25, 0.3) is 0 Å². The first-order valence-corrected chi connectivity index (χ1v) is 4.05. The van der Waals surface area contributed by atoms with Gasteiger partial charge in [0.2, 0.25) is 0 Å². The van der Waals surface area contributed by atoms with E-state index in [4.69, 9.17) is 34.0 Å².